The minimum atomic E-state index is -0.617. The van der Waals surface area contributed by atoms with E-state index in [-0.39, 0.29) is 16.5 Å². The molecular formula is C6H5ClN2O3. The van der Waals surface area contributed by atoms with Gasteiger partial charge >= 0.3 is 5.69 Å². The van der Waals surface area contributed by atoms with Crippen molar-refractivity contribution in [3.05, 3.63) is 33.3 Å². The summed E-state index contributed by atoms with van der Waals surface area (Å²) in [5.74, 6) is 4.68. The fraction of sp³-hybridized carbons (Fsp3) is 0. The summed E-state index contributed by atoms with van der Waals surface area (Å²) in [7, 11) is 0. The number of halogens is 1. The van der Waals surface area contributed by atoms with Gasteiger partial charge in [0.05, 0.1) is 9.95 Å². The molecule has 5 nitrogen and oxygen atoms in total. The van der Waals surface area contributed by atoms with E-state index in [1.165, 1.54) is 18.2 Å². The van der Waals surface area contributed by atoms with Gasteiger partial charge in [0.1, 0.15) is 0 Å². The third-order valence-electron chi connectivity index (χ3n) is 1.26. The number of benzene rings is 1. The zero-order valence-electron chi connectivity index (χ0n) is 5.86. The van der Waals surface area contributed by atoms with Gasteiger partial charge in [0, 0.05) is 6.07 Å². The van der Waals surface area contributed by atoms with Gasteiger partial charge in [-0.2, -0.15) is 5.90 Å². The SMILES string of the molecule is NOc1c(Cl)cccc1[N+](=O)[O-]. The maximum Gasteiger partial charge on any atom is 0.315 e. The molecule has 1 aromatic carbocycles. The largest absolute Gasteiger partial charge is 0.403 e. The van der Waals surface area contributed by atoms with Crippen LogP contribution in [-0.4, -0.2) is 4.92 Å². The van der Waals surface area contributed by atoms with Crippen LogP contribution in [-0.2, 0) is 0 Å². The fourth-order valence-corrected chi connectivity index (χ4v) is 0.972. The highest BCUT2D eigenvalue weighted by Crippen LogP contribution is 2.33. The van der Waals surface area contributed by atoms with Crippen LogP contribution in [0.5, 0.6) is 5.75 Å². The van der Waals surface area contributed by atoms with E-state index in [0.29, 0.717) is 0 Å². The van der Waals surface area contributed by atoms with E-state index in [9.17, 15) is 10.1 Å². The van der Waals surface area contributed by atoms with E-state index < -0.39 is 4.92 Å². The number of hydrogen-bond acceptors (Lipinski definition) is 4. The Balaban J connectivity index is 3.27. The van der Waals surface area contributed by atoms with E-state index in [4.69, 9.17) is 17.5 Å². The molecule has 0 heterocycles. The molecule has 0 bridgehead atoms. The molecule has 0 atom stereocenters. The van der Waals surface area contributed by atoms with Crippen molar-refractivity contribution in [1.29, 1.82) is 0 Å². The van der Waals surface area contributed by atoms with Crippen molar-refractivity contribution in [1.82, 2.24) is 0 Å². The Kier molecular flexibility index (Phi) is 2.47. The van der Waals surface area contributed by atoms with Crippen molar-refractivity contribution in [2.24, 2.45) is 5.90 Å². The molecule has 0 fully saturated rings. The Morgan fingerprint density at radius 1 is 1.58 bits per heavy atom. The van der Waals surface area contributed by atoms with E-state index >= 15 is 0 Å². The molecule has 64 valence electrons. The summed E-state index contributed by atoms with van der Waals surface area (Å²) in [6, 6.07) is 4.16. The van der Waals surface area contributed by atoms with Gasteiger partial charge in [-0.05, 0) is 6.07 Å². The van der Waals surface area contributed by atoms with E-state index in [1.807, 2.05) is 0 Å². The average Bonchev–Trinajstić information content (AvgIpc) is 2.03. The lowest BCUT2D eigenvalue weighted by Crippen LogP contribution is -2.05. The molecule has 0 aliphatic rings. The minimum Gasteiger partial charge on any atom is -0.403 e. The van der Waals surface area contributed by atoms with Crippen LogP contribution in [0.25, 0.3) is 0 Å². The van der Waals surface area contributed by atoms with Gasteiger partial charge < -0.3 is 4.84 Å². The van der Waals surface area contributed by atoms with Crippen LogP contribution in [0.1, 0.15) is 0 Å². The van der Waals surface area contributed by atoms with Crippen LogP contribution in [0.4, 0.5) is 5.69 Å². The minimum absolute atomic E-state index is 0.117. The summed E-state index contributed by atoms with van der Waals surface area (Å²) in [5, 5.41) is 10.5. The van der Waals surface area contributed by atoms with Crippen LogP contribution in [0.15, 0.2) is 18.2 Å². The number of nitrogens with zero attached hydrogens (tertiary/aromatic N) is 1. The van der Waals surface area contributed by atoms with Crippen molar-refractivity contribution in [3.8, 4) is 5.75 Å². The Labute approximate surface area is 72.8 Å². The summed E-state index contributed by atoms with van der Waals surface area (Å²) in [5.41, 5.74) is -0.245. The third kappa shape index (κ3) is 1.46. The second kappa shape index (κ2) is 3.38. The van der Waals surface area contributed by atoms with E-state index in [0.717, 1.165) is 0 Å². The van der Waals surface area contributed by atoms with E-state index in [2.05, 4.69) is 4.84 Å². The smallest absolute Gasteiger partial charge is 0.315 e. The maximum absolute atomic E-state index is 10.3. The van der Waals surface area contributed by atoms with Crippen LogP contribution in [0.2, 0.25) is 5.02 Å². The molecule has 6 heteroatoms. The number of nitrogens with two attached hydrogens (primary N) is 1. The number of para-hydroxylation sites is 1. The van der Waals surface area contributed by atoms with Gasteiger partial charge in [0.15, 0.2) is 0 Å². The predicted molar refractivity (Wildman–Crippen MR) is 42.9 cm³/mol. The molecule has 1 rings (SSSR count). The fourth-order valence-electron chi connectivity index (χ4n) is 0.758. The number of nitro groups is 1. The zero-order chi connectivity index (χ0) is 9.14. The Morgan fingerprint density at radius 2 is 2.25 bits per heavy atom. The van der Waals surface area contributed by atoms with Crippen molar-refractivity contribution in [3.63, 3.8) is 0 Å². The molecule has 0 aromatic heterocycles. The monoisotopic (exact) mass is 188 g/mol. The topological polar surface area (TPSA) is 78.4 Å². The van der Waals surface area contributed by atoms with Crippen LogP contribution in [0.3, 0.4) is 0 Å². The van der Waals surface area contributed by atoms with Gasteiger partial charge in [-0.15, -0.1) is 0 Å². The number of nitro benzene ring substituents is 1. The first-order chi connectivity index (χ1) is 5.66. The summed E-state index contributed by atoms with van der Waals surface area (Å²) in [4.78, 5) is 14.0. The molecule has 0 saturated heterocycles. The standard InChI is InChI=1S/C6H5ClN2O3/c7-4-2-1-3-5(9(10)11)6(4)12-8/h1-3H,8H2. The second-order valence-corrected chi connectivity index (χ2v) is 2.37. The van der Waals surface area contributed by atoms with Crippen LogP contribution < -0.4 is 10.7 Å². The van der Waals surface area contributed by atoms with Crippen LogP contribution in [0, 0.1) is 10.1 Å². The van der Waals surface area contributed by atoms with Crippen molar-refractivity contribution >= 4 is 17.3 Å². The van der Waals surface area contributed by atoms with Gasteiger partial charge in [-0.1, -0.05) is 17.7 Å². The summed E-state index contributed by atoms with van der Waals surface area (Å²) >= 11 is 5.56. The van der Waals surface area contributed by atoms with Crippen molar-refractivity contribution in [2.75, 3.05) is 0 Å². The van der Waals surface area contributed by atoms with Gasteiger partial charge in [-0.25, -0.2) is 0 Å². The predicted octanol–water partition coefficient (Wildman–Crippen LogP) is 1.50. The molecule has 2 N–H and O–H groups in total. The Morgan fingerprint density at radius 3 is 2.67 bits per heavy atom. The third-order valence-corrected chi connectivity index (χ3v) is 1.56. The molecule has 1 aromatic rings. The van der Waals surface area contributed by atoms with Crippen molar-refractivity contribution < 1.29 is 9.76 Å². The molecule has 0 saturated carbocycles. The molecule has 0 unspecified atom stereocenters. The maximum atomic E-state index is 10.3. The molecule has 12 heavy (non-hydrogen) atoms. The van der Waals surface area contributed by atoms with Gasteiger partial charge in [-0.3, -0.25) is 10.1 Å². The highest BCUT2D eigenvalue weighted by atomic mass is 35.5. The van der Waals surface area contributed by atoms with Gasteiger partial charge in [0.25, 0.3) is 0 Å². The highest BCUT2D eigenvalue weighted by Gasteiger charge is 2.17. The summed E-state index contributed by atoms with van der Waals surface area (Å²) in [6.07, 6.45) is 0. The second-order valence-electron chi connectivity index (χ2n) is 1.96. The normalized spacial score (nSPS) is 9.50. The summed E-state index contributed by atoms with van der Waals surface area (Å²) < 4.78 is 0. The highest BCUT2D eigenvalue weighted by molar-refractivity contribution is 6.32. The molecule has 0 spiro atoms. The molecular weight excluding hydrogens is 184 g/mol. The van der Waals surface area contributed by atoms with E-state index in [1.54, 1.807) is 0 Å². The Hall–Kier alpha value is -1.33. The Bertz CT molecular complexity index is 316. The lowest BCUT2D eigenvalue weighted by atomic mass is 10.3. The first kappa shape index (κ1) is 8.76. The lowest BCUT2D eigenvalue weighted by molar-refractivity contribution is -0.385. The number of rotatable bonds is 2. The lowest BCUT2D eigenvalue weighted by Gasteiger charge is -2.00. The average molecular weight is 189 g/mol. The zero-order valence-corrected chi connectivity index (χ0v) is 6.62. The molecule has 0 aliphatic carbocycles. The quantitative estimate of drug-likeness (QED) is 0.564. The molecule has 0 amide bonds. The summed E-state index contributed by atoms with van der Waals surface area (Å²) in [6.45, 7) is 0. The van der Waals surface area contributed by atoms with Crippen molar-refractivity contribution in [2.45, 2.75) is 0 Å². The van der Waals surface area contributed by atoms with Crippen LogP contribution >= 0.6 is 11.6 Å². The molecule has 0 aliphatic heterocycles. The number of hydrogen-bond donors (Lipinski definition) is 1. The first-order valence-corrected chi connectivity index (χ1v) is 3.34. The molecule has 0 radical (unpaired) electrons. The first-order valence-electron chi connectivity index (χ1n) is 2.96. The van der Waals surface area contributed by atoms with Gasteiger partial charge in [0.2, 0.25) is 5.75 Å².